The molecule has 1 aromatic rings. The monoisotopic (exact) mass is 532 g/mol. The fourth-order valence-corrected chi connectivity index (χ4v) is 5.44. The quantitative estimate of drug-likeness (QED) is 0.148. The summed E-state index contributed by atoms with van der Waals surface area (Å²) in [5.41, 5.74) is -1.50. The summed E-state index contributed by atoms with van der Waals surface area (Å²) in [6.45, 7) is 4.09. The summed E-state index contributed by atoms with van der Waals surface area (Å²) in [5, 5.41) is 37.9. The van der Waals surface area contributed by atoms with Crippen LogP contribution in [0.2, 0.25) is 0 Å². The lowest BCUT2D eigenvalue weighted by Gasteiger charge is -2.45. The molecule has 1 aliphatic carbocycles. The highest BCUT2D eigenvalue weighted by molar-refractivity contribution is 6.29. The van der Waals surface area contributed by atoms with E-state index in [0.717, 1.165) is 57.1 Å². The first-order valence-electron chi connectivity index (χ1n) is 13.7. The fourth-order valence-electron chi connectivity index (χ4n) is 5.44. The topological polar surface area (TPSA) is 161 Å². The van der Waals surface area contributed by atoms with Crippen LogP contribution >= 0.6 is 0 Å². The number of aromatic hydroxyl groups is 2. The number of hydrogen-bond acceptors (Lipinski definition) is 7. The van der Waals surface area contributed by atoms with Crippen LogP contribution in [0.25, 0.3) is 0 Å². The Hall–Kier alpha value is -3.50. The van der Waals surface area contributed by atoms with Gasteiger partial charge in [0.25, 0.3) is 17.7 Å². The van der Waals surface area contributed by atoms with Gasteiger partial charge < -0.3 is 26.1 Å². The highest BCUT2D eigenvalue weighted by Crippen LogP contribution is 2.45. The molecule has 11 nitrogen and oxygen atoms in total. The molecule has 11 heteroatoms. The first-order chi connectivity index (χ1) is 18.1. The highest BCUT2D eigenvalue weighted by atomic mass is 16.5. The number of carbonyl (C=O) groups excluding carboxylic acids is 4. The van der Waals surface area contributed by atoms with Gasteiger partial charge in [0.2, 0.25) is 17.7 Å². The Kier molecular flexibility index (Phi) is 9.82. The Morgan fingerprint density at radius 3 is 2.16 bits per heavy atom. The first kappa shape index (κ1) is 29.1. The molecule has 38 heavy (non-hydrogen) atoms. The van der Waals surface area contributed by atoms with Gasteiger partial charge in [-0.25, -0.2) is 4.90 Å². The average molecular weight is 533 g/mol. The molecule has 2 aliphatic rings. The number of aromatic nitrogens is 1. The second-order valence-electron chi connectivity index (χ2n) is 10.3. The van der Waals surface area contributed by atoms with Gasteiger partial charge in [0.1, 0.15) is 5.69 Å². The molecule has 2 atom stereocenters. The minimum absolute atomic E-state index is 0.0728. The molecule has 5 N–H and O–H groups in total. The molecule has 2 unspecified atom stereocenters. The van der Waals surface area contributed by atoms with E-state index >= 15 is 0 Å². The number of unbranched alkanes of at least 4 members (excludes halogenated alkanes) is 4. The van der Waals surface area contributed by atoms with Gasteiger partial charge in [-0.3, -0.25) is 19.2 Å². The van der Waals surface area contributed by atoms with Crippen molar-refractivity contribution in [2.45, 2.75) is 109 Å². The fraction of sp³-hybridized carbons (Fsp3) is 0.630. The number of amides is 4. The van der Waals surface area contributed by atoms with Crippen LogP contribution in [0.15, 0.2) is 12.2 Å². The Morgan fingerprint density at radius 2 is 1.55 bits per heavy atom. The van der Waals surface area contributed by atoms with Gasteiger partial charge in [-0.15, -0.1) is 4.73 Å². The lowest BCUT2D eigenvalue weighted by atomic mass is 9.73. The van der Waals surface area contributed by atoms with Crippen molar-refractivity contribution in [3.05, 3.63) is 17.7 Å². The van der Waals surface area contributed by atoms with Crippen molar-refractivity contribution >= 4 is 29.3 Å². The molecule has 210 valence electrons. The van der Waals surface area contributed by atoms with Gasteiger partial charge in [0.05, 0.1) is 11.6 Å². The van der Waals surface area contributed by atoms with Gasteiger partial charge in [-0.1, -0.05) is 52.4 Å². The van der Waals surface area contributed by atoms with Crippen LogP contribution in [-0.2, 0) is 25.6 Å². The van der Waals surface area contributed by atoms with Crippen molar-refractivity contribution in [3.8, 4) is 11.8 Å². The van der Waals surface area contributed by atoms with Gasteiger partial charge in [0.15, 0.2) is 0 Å². The summed E-state index contributed by atoms with van der Waals surface area (Å²) in [6.07, 6.45) is 10.3. The second-order valence-corrected chi connectivity index (χ2v) is 10.3. The standard InChI is InChI=1S/C27H40N4O7/c1-3-5-7-12-20(32)28-19-11-9-10-16-27(19,29-21(33)13-8-6-4-2)17-18-24(26(37)31(38)25(18)36)30-22(34)14-15-23(30)35/h14-15,19,36-38H,3-13,16-17H2,1-2H3,(H,28,32)(H,29,33). The number of imide groups is 1. The summed E-state index contributed by atoms with van der Waals surface area (Å²) in [5.74, 6) is -3.45. The minimum atomic E-state index is -1.08. The molecule has 2 heterocycles. The van der Waals surface area contributed by atoms with Crippen molar-refractivity contribution in [3.63, 3.8) is 0 Å². The number of nitrogens with one attached hydrogen (secondary N) is 2. The van der Waals surface area contributed by atoms with E-state index in [9.17, 15) is 34.6 Å². The summed E-state index contributed by atoms with van der Waals surface area (Å²) in [4.78, 5) is 51.5. The maximum atomic E-state index is 13.1. The Balaban J connectivity index is 2.01. The number of rotatable bonds is 13. The van der Waals surface area contributed by atoms with Crippen molar-refractivity contribution in [1.29, 1.82) is 0 Å². The second kappa shape index (κ2) is 12.8. The maximum Gasteiger partial charge on any atom is 0.258 e. The summed E-state index contributed by atoms with van der Waals surface area (Å²) < 4.78 is 0.113. The van der Waals surface area contributed by atoms with Crippen LogP contribution in [0.3, 0.4) is 0 Å². The van der Waals surface area contributed by atoms with Crippen molar-refractivity contribution in [2.75, 3.05) is 4.90 Å². The van der Waals surface area contributed by atoms with E-state index in [1.807, 2.05) is 6.92 Å². The predicted octanol–water partition coefficient (Wildman–Crippen LogP) is 3.18. The van der Waals surface area contributed by atoms with Crippen molar-refractivity contribution in [1.82, 2.24) is 15.4 Å². The molecule has 1 saturated carbocycles. The van der Waals surface area contributed by atoms with Crippen LogP contribution in [0.4, 0.5) is 5.69 Å². The van der Waals surface area contributed by atoms with E-state index in [1.165, 1.54) is 0 Å². The van der Waals surface area contributed by atoms with Crippen LogP contribution in [0, 0.1) is 0 Å². The summed E-state index contributed by atoms with van der Waals surface area (Å²) in [6, 6.07) is -0.500. The summed E-state index contributed by atoms with van der Waals surface area (Å²) in [7, 11) is 0. The van der Waals surface area contributed by atoms with E-state index < -0.39 is 35.2 Å². The SMILES string of the molecule is CCCCCC(=O)NC1CCCCC1(Cc1c(N2C(=O)C=CC2=O)c(O)n(O)c1O)NC(=O)CCCCC. The van der Waals surface area contributed by atoms with Crippen molar-refractivity contribution in [2.24, 2.45) is 0 Å². The number of carbonyl (C=O) groups is 4. The first-order valence-corrected chi connectivity index (χ1v) is 13.7. The number of anilines is 1. The van der Waals surface area contributed by atoms with Gasteiger partial charge >= 0.3 is 0 Å². The lowest BCUT2D eigenvalue weighted by molar-refractivity contribution is -0.127. The number of nitrogens with zero attached hydrogens (tertiary/aromatic N) is 2. The van der Waals surface area contributed by atoms with E-state index in [4.69, 9.17) is 0 Å². The normalized spacial score (nSPS) is 21.2. The maximum absolute atomic E-state index is 13.1. The molecule has 0 radical (unpaired) electrons. The molecular formula is C27H40N4O7. The Labute approximate surface area is 222 Å². The van der Waals surface area contributed by atoms with Gasteiger partial charge in [-0.05, 0) is 25.7 Å². The molecular weight excluding hydrogens is 492 g/mol. The Bertz CT molecular complexity index is 1060. The molecule has 0 saturated heterocycles. The lowest BCUT2D eigenvalue weighted by Crippen LogP contribution is -2.65. The average Bonchev–Trinajstić information content (AvgIpc) is 3.30. The van der Waals surface area contributed by atoms with Crippen LogP contribution in [0.1, 0.15) is 96.5 Å². The molecule has 4 amide bonds. The third-order valence-corrected chi connectivity index (χ3v) is 7.46. The molecule has 3 rings (SSSR count). The minimum Gasteiger partial charge on any atom is -0.492 e. The summed E-state index contributed by atoms with van der Waals surface area (Å²) >= 11 is 0. The van der Waals surface area contributed by atoms with E-state index in [2.05, 4.69) is 17.6 Å². The van der Waals surface area contributed by atoms with Gasteiger partial charge in [-0.2, -0.15) is 0 Å². The molecule has 0 spiro atoms. The van der Waals surface area contributed by atoms with Crippen LogP contribution in [-0.4, -0.2) is 55.4 Å². The van der Waals surface area contributed by atoms with Crippen molar-refractivity contribution < 1.29 is 34.6 Å². The molecule has 0 bridgehead atoms. The molecule has 1 aliphatic heterocycles. The smallest absolute Gasteiger partial charge is 0.258 e. The predicted molar refractivity (Wildman–Crippen MR) is 140 cm³/mol. The highest BCUT2D eigenvalue weighted by Gasteiger charge is 2.46. The zero-order chi connectivity index (χ0) is 27.9. The zero-order valence-corrected chi connectivity index (χ0v) is 22.3. The molecule has 1 aromatic heterocycles. The third-order valence-electron chi connectivity index (χ3n) is 7.46. The van der Waals surface area contributed by atoms with Gasteiger partial charge in [0, 0.05) is 37.0 Å². The zero-order valence-electron chi connectivity index (χ0n) is 22.3. The largest absolute Gasteiger partial charge is 0.492 e. The van der Waals surface area contributed by atoms with Crippen LogP contribution < -0.4 is 15.5 Å². The molecule has 0 aromatic carbocycles. The van der Waals surface area contributed by atoms with Crippen LogP contribution in [0.5, 0.6) is 11.8 Å². The number of hydrogen-bond donors (Lipinski definition) is 5. The Morgan fingerprint density at radius 1 is 0.947 bits per heavy atom. The molecule has 1 fully saturated rings. The van der Waals surface area contributed by atoms with E-state index in [0.29, 0.717) is 30.6 Å². The third kappa shape index (κ3) is 6.31. The van der Waals surface area contributed by atoms with E-state index in [-0.39, 0.29) is 40.6 Å². The van der Waals surface area contributed by atoms with E-state index in [1.54, 1.807) is 0 Å².